The summed E-state index contributed by atoms with van der Waals surface area (Å²) in [5.74, 6) is 0.738. The fourth-order valence-electron chi connectivity index (χ4n) is 5.55. The van der Waals surface area contributed by atoms with Crippen LogP contribution in [0.3, 0.4) is 0 Å². The Labute approximate surface area is 171 Å². The van der Waals surface area contributed by atoms with E-state index in [4.69, 9.17) is 0 Å². The van der Waals surface area contributed by atoms with Gasteiger partial charge in [0, 0.05) is 42.5 Å². The number of amides is 1. The molecule has 0 bridgehead atoms. The number of nitrogens with zero attached hydrogens (tertiary/aromatic N) is 1. The minimum atomic E-state index is -0.809. The summed E-state index contributed by atoms with van der Waals surface area (Å²) in [6.07, 6.45) is 6.20. The first-order valence-electron chi connectivity index (χ1n) is 10.8. The molecular formula is C25H28N2O2. The number of carbonyl (C=O) groups is 1. The summed E-state index contributed by atoms with van der Waals surface area (Å²) in [5.41, 5.74) is 2.51. The van der Waals surface area contributed by atoms with E-state index >= 15 is 0 Å². The third-order valence-electron chi connectivity index (χ3n) is 7.10. The van der Waals surface area contributed by atoms with E-state index in [1.807, 2.05) is 53.6 Å². The summed E-state index contributed by atoms with van der Waals surface area (Å²) < 4.78 is 0. The molecule has 2 N–H and O–H groups in total. The lowest BCUT2D eigenvalue weighted by atomic mass is 9.67. The molecule has 0 unspecified atom stereocenters. The van der Waals surface area contributed by atoms with Crippen molar-refractivity contribution in [1.82, 2.24) is 9.88 Å². The van der Waals surface area contributed by atoms with E-state index in [1.54, 1.807) is 0 Å². The zero-order valence-corrected chi connectivity index (χ0v) is 16.7. The Morgan fingerprint density at radius 1 is 1.10 bits per heavy atom. The van der Waals surface area contributed by atoms with Gasteiger partial charge in [-0.25, -0.2) is 0 Å². The van der Waals surface area contributed by atoms with Gasteiger partial charge >= 0.3 is 0 Å². The lowest BCUT2D eigenvalue weighted by Gasteiger charge is -2.41. The lowest BCUT2D eigenvalue weighted by molar-refractivity contribution is -0.130. The number of hydrogen-bond acceptors (Lipinski definition) is 2. The van der Waals surface area contributed by atoms with Gasteiger partial charge in [0.1, 0.15) is 0 Å². The highest BCUT2D eigenvalue weighted by Crippen LogP contribution is 2.48. The average Bonchev–Trinajstić information content (AvgIpc) is 3.38. The van der Waals surface area contributed by atoms with Crippen LogP contribution in [0.15, 0.2) is 60.8 Å². The van der Waals surface area contributed by atoms with Gasteiger partial charge in [0.15, 0.2) is 0 Å². The first-order chi connectivity index (χ1) is 14.1. The topological polar surface area (TPSA) is 56.3 Å². The van der Waals surface area contributed by atoms with Crippen molar-refractivity contribution in [2.24, 2.45) is 11.8 Å². The first-order valence-corrected chi connectivity index (χ1v) is 10.8. The predicted molar refractivity (Wildman–Crippen MR) is 114 cm³/mol. The van der Waals surface area contributed by atoms with Crippen LogP contribution in [0.2, 0.25) is 0 Å². The van der Waals surface area contributed by atoms with Crippen molar-refractivity contribution in [2.45, 2.75) is 37.7 Å². The Bertz CT molecular complexity index is 1010. The normalized spacial score (nSPS) is 26.6. The molecule has 2 fully saturated rings. The maximum absolute atomic E-state index is 13.0. The molecule has 2 heterocycles. The molecule has 1 aliphatic heterocycles. The number of likely N-dealkylation sites (tertiary alicyclic amines) is 1. The number of rotatable bonds is 4. The van der Waals surface area contributed by atoms with Crippen molar-refractivity contribution < 1.29 is 9.90 Å². The Balaban J connectivity index is 1.29. The SMILES string of the molecule is O=C(CCc1c[nH]c2ccccc12)N1C[C@H]2CCC[C@](O)(c3ccccc3)[C@H]2C1. The summed E-state index contributed by atoms with van der Waals surface area (Å²) in [6, 6.07) is 18.3. The standard InChI is InChI=1S/C25H28N2O2/c28-24(13-12-18-15-26-23-11-5-4-10-21(18)23)27-16-19-7-6-14-25(29,22(19)17-27)20-8-2-1-3-9-20/h1-5,8-11,15,19,22,26,29H,6-7,12-14,16-17H2/t19-,22+,25+/m1/s1. The molecule has 1 amide bonds. The average molecular weight is 389 g/mol. The van der Waals surface area contributed by atoms with Gasteiger partial charge in [0.2, 0.25) is 5.91 Å². The molecule has 1 saturated carbocycles. The molecule has 4 nitrogen and oxygen atoms in total. The summed E-state index contributed by atoms with van der Waals surface area (Å²) in [7, 11) is 0. The van der Waals surface area contributed by atoms with Gasteiger partial charge in [-0.3, -0.25) is 4.79 Å². The number of para-hydroxylation sites is 1. The molecule has 29 heavy (non-hydrogen) atoms. The van der Waals surface area contributed by atoms with Gasteiger partial charge in [-0.15, -0.1) is 0 Å². The Morgan fingerprint density at radius 3 is 2.76 bits per heavy atom. The van der Waals surface area contributed by atoms with E-state index in [-0.39, 0.29) is 11.8 Å². The van der Waals surface area contributed by atoms with Crippen LogP contribution in [0.4, 0.5) is 0 Å². The molecular weight excluding hydrogens is 360 g/mol. The van der Waals surface area contributed by atoms with Crippen LogP contribution in [0.1, 0.15) is 36.8 Å². The summed E-state index contributed by atoms with van der Waals surface area (Å²) in [4.78, 5) is 18.3. The third-order valence-corrected chi connectivity index (χ3v) is 7.10. The molecule has 2 aromatic carbocycles. The van der Waals surface area contributed by atoms with E-state index in [0.717, 1.165) is 43.3 Å². The van der Waals surface area contributed by atoms with Crippen LogP contribution in [-0.4, -0.2) is 34.0 Å². The number of carbonyl (C=O) groups excluding carboxylic acids is 1. The van der Waals surface area contributed by atoms with Crippen LogP contribution in [-0.2, 0) is 16.8 Å². The van der Waals surface area contributed by atoms with Gasteiger partial charge in [-0.2, -0.15) is 0 Å². The van der Waals surface area contributed by atoms with E-state index in [0.29, 0.717) is 18.9 Å². The number of benzene rings is 2. The Hall–Kier alpha value is -2.59. The summed E-state index contributed by atoms with van der Waals surface area (Å²) in [6.45, 7) is 1.45. The maximum atomic E-state index is 13.0. The first kappa shape index (κ1) is 18.4. The zero-order chi connectivity index (χ0) is 19.8. The molecule has 1 aromatic heterocycles. The highest BCUT2D eigenvalue weighted by Gasteiger charge is 2.50. The van der Waals surface area contributed by atoms with E-state index < -0.39 is 5.60 Å². The van der Waals surface area contributed by atoms with Crippen molar-refractivity contribution >= 4 is 16.8 Å². The molecule has 150 valence electrons. The maximum Gasteiger partial charge on any atom is 0.222 e. The fourth-order valence-corrected chi connectivity index (χ4v) is 5.55. The van der Waals surface area contributed by atoms with Crippen molar-refractivity contribution in [1.29, 1.82) is 0 Å². The van der Waals surface area contributed by atoms with Crippen molar-refractivity contribution in [2.75, 3.05) is 13.1 Å². The smallest absolute Gasteiger partial charge is 0.222 e. The number of aromatic amines is 1. The number of H-pyrrole nitrogens is 1. The Morgan fingerprint density at radius 2 is 1.90 bits per heavy atom. The van der Waals surface area contributed by atoms with E-state index in [9.17, 15) is 9.90 Å². The predicted octanol–water partition coefficient (Wildman–Crippen LogP) is 4.25. The zero-order valence-electron chi connectivity index (χ0n) is 16.7. The number of hydrogen-bond donors (Lipinski definition) is 2. The largest absolute Gasteiger partial charge is 0.385 e. The summed E-state index contributed by atoms with van der Waals surface area (Å²) in [5, 5.41) is 12.8. The minimum Gasteiger partial charge on any atom is -0.385 e. The second-order valence-corrected chi connectivity index (χ2v) is 8.71. The summed E-state index contributed by atoms with van der Waals surface area (Å²) >= 11 is 0. The quantitative estimate of drug-likeness (QED) is 0.702. The Kier molecular flexibility index (Phi) is 4.67. The third kappa shape index (κ3) is 3.25. The highest BCUT2D eigenvalue weighted by atomic mass is 16.3. The number of fused-ring (bicyclic) bond motifs is 2. The van der Waals surface area contributed by atoms with E-state index in [1.165, 1.54) is 10.9 Å². The second kappa shape index (κ2) is 7.34. The lowest BCUT2D eigenvalue weighted by Crippen LogP contribution is -2.42. The second-order valence-electron chi connectivity index (χ2n) is 8.71. The van der Waals surface area contributed by atoms with Crippen LogP contribution < -0.4 is 0 Å². The number of aliphatic hydroxyl groups is 1. The van der Waals surface area contributed by atoms with Crippen LogP contribution in [0, 0.1) is 11.8 Å². The van der Waals surface area contributed by atoms with Crippen LogP contribution in [0.5, 0.6) is 0 Å². The molecule has 3 atom stereocenters. The van der Waals surface area contributed by atoms with Gasteiger partial charge in [0.25, 0.3) is 0 Å². The van der Waals surface area contributed by atoms with Crippen molar-refractivity contribution in [3.63, 3.8) is 0 Å². The van der Waals surface area contributed by atoms with Gasteiger partial charge in [-0.1, -0.05) is 48.5 Å². The number of aromatic nitrogens is 1. The molecule has 5 rings (SSSR count). The number of nitrogens with one attached hydrogen (secondary N) is 1. The molecule has 0 radical (unpaired) electrons. The molecule has 3 aromatic rings. The van der Waals surface area contributed by atoms with Crippen molar-refractivity contribution in [3.8, 4) is 0 Å². The van der Waals surface area contributed by atoms with Crippen molar-refractivity contribution in [3.05, 3.63) is 71.9 Å². The number of aryl methyl sites for hydroxylation is 1. The van der Waals surface area contributed by atoms with Gasteiger partial charge in [-0.05, 0) is 48.8 Å². The van der Waals surface area contributed by atoms with Crippen LogP contribution >= 0.6 is 0 Å². The monoisotopic (exact) mass is 388 g/mol. The molecule has 1 saturated heterocycles. The van der Waals surface area contributed by atoms with Gasteiger partial charge in [0.05, 0.1) is 5.60 Å². The van der Waals surface area contributed by atoms with Crippen LogP contribution in [0.25, 0.3) is 10.9 Å². The molecule has 2 aliphatic rings. The molecule has 1 aliphatic carbocycles. The fraction of sp³-hybridized carbons (Fsp3) is 0.400. The highest BCUT2D eigenvalue weighted by molar-refractivity contribution is 5.84. The minimum absolute atomic E-state index is 0.135. The molecule has 0 spiro atoms. The van der Waals surface area contributed by atoms with E-state index in [2.05, 4.69) is 17.1 Å². The molecule has 4 heteroatoms. The van der Waals surface area contributed by atoms with Gasteiger partial charge < -0.3 is 15.0 Å².